The van der Waals surface area contributed by atoms with Crippen LogP contribution in [0.3, 0.4) is 0 Å². The van der Waals surface area contributed by atoms with Gasteiger partial charge in [0.25, 0.3) is 0 Å². The van der Waals surface area contributed by atoms with Gasteiger partial charge in [-0.3, -0.25) is 0 Å². The summed E-state index contributed by atoms with van der Waals surface area (Å²) in [7, 11) is 0.0587. The summed E-state index contributed by atoms with van der Waals surface area (Å²) in [6, 6.07) is 0. The summed E-state index contributed by atoms with van der Waals surface area (Å²) in [6.07, 6.45) is 12.5. The summed E-state index contributed by atoms with van der Waals surface area (Å²) >= 11 is 0. The SMILES string of the molecule is CC(C)=CCC/C(C)=C/C=C/C(C)=C/C=[P+]=O. The molecule has 92 valence electrons. The first-order chi connectivity index (χ1) is 8.06. The fraction of sp³-hybridized carbons (Fsp3) is 0.400. The summed E-state index contributed by atoms with van der Waals surface area (Å²) in [4.78, 5) is 0. The Morgan fingerprint density at radius 2 is 1.82 bits per heavy atom. The Kier molecular flexibility index (Phi) is 9.66. The second-order valence-electron chi connectivity index (χ2n) is 4.36. The van der Waals surface area contributed by atoms with E-state index in [1.165, 1.54) is 11.1 Å². The van der Waals surface area contributed by atoms with E-state index >= 15 is 0 Å². The van der Waals surface area contributed by atoms with Crippen LogP contribution in [0.2, 0.25) is 0 Å². The van der Waals surface area contributed by atoms with E-state index in [0.29, 0.717) is 0 Å². The van der Waals surface area contributed by atoms with Gasteiger partial charge in [-0.15, -0.1) is 0 Å². The maximum absolute atomic E-state index is 10.2. The van der Waals surface area contributed by atoms with E-state index in [9.17, 15) is 4.57 Å². The first kappa shape index (κ1) is 16.1. The van der Waals surface area contributed by atoms with E-state index in [1.54, 1.807) is 5.80 Å². The molecular formula is C15H22OP+. The fourth-order valence-corrected chi connectivity index (χ4v) is 1.54. The van der Waals surface area contributed by atoms with Gasteiger partial charge in [-0.25, -0.2) is 0 Å². The van der Waals surface area contributed by atoms with Crippen LogP contribution in [0.15, 0.2) is 47.1 Å². The second-order valence-corrected chi connectivity index (χ2v) is 4.87. The van der Waals surface area contributed by atoms with Gasteiger partial charge in [0.1, 0.15) is 0 Å². The summed E-state index contributed by atoms with van der Waals surface area (Å²) < 4.78 is 10.2. The summed E-state index contributed by atoms with van der Waals surface area (Å²) in [5.41, 5.74) is 3.85. The third kappa shape index (κ3) is 11.3. The Bertz CT molecular complexity index is 387. The standard InChI is InChI=1S/C15H22OP/c1-13(2)7-5-8-14(3)9-6-10-15(4)11-12-17-16/h6-7,9-12H,5,8H2,1-4H3/q+1/b10-6+,14-9+,15-11+. The molecule has 0 heterocycles. The molecule has 0 spiro atoms. The predicted molar refractivity (Wildman–Crippen MR) is 79.0 cm³/mol. The molecule has 0 radical (unpaired) electrons. The van der Waals surface area contributed by atoms with E-state index in [1.807, 2.05) is 25.2 Å². The normalized spacial score (nSPS) is 12.7. The van der Waals surface area contributed by atoms with Crippen LogP contribution < -0.4 is 0 Å². The Morgan fingerprint density at radius 3 is 2.41 bits per heavy atom. The monoisotopic (exact) mass is 249 g/mol. The summed E-state index contributed by atoms with van der Waals surface area (Å²) in [5.74, 6) is 1.60. The third-order valence-corrected chi connectivity index (χ3v) is 2.50. The van der Waals surface area contributed by atoms with E-state index in [0.717, 1.165) is 18.4 Å². The maximum atomic E-state index is 10.2. The minimum absolute atomic E-state index is 0.0587. The van der Waals surface area contributed by atoms with Crippen molar-refractivity contribution in [2.75, 3.05) is 0 Å². The van der Waals surface area contributed by atoms with Crippen molar-refractivity contribution < 1.29 is 4.57 Å². The van der Waals surface area contributed by atoms with Crippen molar-refractivity contribution in [2.45, 2.75) is 40.5 Å². The first-order valence-electron chi connectivity index (χ1n) is 5.86. The molecule has 0 aliphatic heterocycles. The Morgan fingerprint density at radius 1 is 1.12 bits per heavy atom. The molecule has 0 bridgehead atoms. The second kappa shape index (κ2) is 10.2. The van der Waals surface area contributed by atoms with Crippen LogP contribution in [0.1, 0.15) is 40.5 Å². The van der Waals surface area contributed by atoms with Crippen molar-refractivity contribution >= 4 is 13.9 Å². The van der Waals surface area contributed by atoms with Gasteiger partial charge >= 0.3 is 106 Å². The van der Waals surface area contributed by atoms with Crippen molar-refractivity contribution in [3.05, 3.63) is 47.1 Å². The van der Waals surface area contributed by atoms with Crippen LogP contribution >= 0.6 is 8.08 Å². The van der Waals surface area contributed by atoms with E-state index in [2.05, 4.69) is 32.9 Å². The van der Waals surface area contributed by atoms with Gasteiger partial charge in [0, 0.05) is 0 Å². The van der Waals surface area contributed by atoms with Crippen LogP contribution in [-0.2, 0) is 4.57 Å². The first-order valence-corrected chi connectivity index (χ1v) is 6.74. The van der Waals surface area contributed by atoms with Crippen molar-refractivity contribution in [1.29, 1.82) is 0 Å². The molecule has 0 aromatic carbocycles. The van der Waals surface area contributed by atoms with E-state index < -0.39 is 0 Å². The van der Waals surface area contributed by atoms with E-state index in [4.69, 9.17) is 0 Å². The number of allylic oxidation sites excluding steroid dienone is 8. The van der Waals surface area contributed by atoms with Gasteiger partial charge in [-0.2, -0.15) is 0 Å². The Hall–Kier alpha value is -0.940. The van der Waals surface area contributed by atoms with Crippen molar-refractivity contribution in [3.8, 4) is 0 Å². The van der Waals surface area contributed by atoms with Crippen LogP contribution in [0.5, 0.6) is 0 Å². The average molecular weight is 249 g/mol. The molecule has 0 saturated carbocycles. The van der Waals surface area contributed by atoms with Crippen LogP contribution in [0.4, 0.5) is 0 Å². The molecule has 0 aromatic rings. The number of hydrogen-bond acceptors (Lipinski definition) is 1. The predicted octanol–water partition coefficient (Wildman–Crippen LogP) is 5.28. The molecule has 0 N–H and O–H groups in total. The molecule has 0 aliphatic rings. The molecule has 0 atom stereocenters. The Labute approximate surface area is 106 Å². The van der Waals surface area contributed by atoms with Gasteiger partial charge in [0.15, 0.2) is 0 Å². The van der Waals surface area contributed by atoms with Gasteiger partial charge in [-0.05, 0) is 0 Å². The van der Waals surface area contributed by atoms with Crippen LogP contribution in [-0.4, -0.2) is 5.80 Å². The molecule has 1 nitrogen and oxygen atoms in total. The molecule has 0 aliphatic carbocycles. The molecule has 0 unspecified atom stereocenters. The number of rotatable bonds is 6. The Balaban J connectivity index is 4.18. The summed E-state index contributed by atoms with van der Waals surface area (Å²) in [5, 5.41) is 0. The molecule has 0 aromatic heterocycles. The van der Waals surface area contributed by atoms with Gasteiger partial charge in [0.05, 0.1) is 0 Å². The van der Waals surface area contributed by atoms with Gasteiger partial charge in [0.2, 0.25) is 0 Å². The summed E-state index contributed by atoms with van der Waals surface area (Å²) in [6.45, 7) is 8.38. The van der Waals surface area contributed by atoms with Crippen molar-refractivity contribution in [3.63, 3.8) is 0 Å². The van der Waals surface area contributed by atoms with Crippen LogP contribution in [0, 0.1) is 0 Å². The zero-order valence-corrected chi connectivity index (χ0v) is 12.1. The third-order valence-electron chi connectivity index (χ3n) is 2.23. The fourth-order valence-electron chi connectivity index (χ4n) is 1.24. The average Bonchev–Trinajstić information content (AvgIpc) is 2.25. The van der Waals surface area contributed by atoms with Gasteiger partial charge < -0.3 is 0 Å². The van der Waals surface area contributed by atoms with Crippen LogP contribution in [0.25, 0.3) is 0 Å². The minimum atomic E-state index is 0.0587. The topological polar surface area (TPSA) is 17.1 Å². The molecule has 0 amide bonds. The van der Waals surface area contributed by atoms with Gasteiger partial charge in [-0.1, -0.05) is 0 Å². The molecule has 0 saturated heterocycles. The van der Waals surface area contributed by atoms with E-state index in [-0.39, 0.29) is 8.08 Å². The zero-order chi connectivity index (χ0) is 13.1. The number of hydrogen-bond donors (Lipinski definition) is 0. The molecule has 0 rings (SSSR count). The zero-order valence-electron chi connectivity index (χ0n) is 11.2. The molecule has 2 heteroatoms. The van der Waals surface area contributed by atoms with Crippen molar-refractivity contribution in [1.82, 2.24) is 0 Å². The molecular weight excluding hydrogens is 227 g/mol. The molecule has 0 fully saturated rings. The quantitative estimate of drug-likeness (QED) is 0.356. The molecule has 17 heavy (non-hydrogen) atoms. The van der Waals surface area contributed by atoms with Crippen molar-refractivity contribution in [2.24, 2.45) is 0 Å².